The predicted molar refractivity (Wildman–Crippen MR) is 114 cm³/mol. The minimum Gasteiger partial charge on any atom is -0.449 e. The summed E-state index contributed by atoms with van der Waals surface area (Å²) in [5.41, 5.74) is 1.34. The quantitative estimate of drug-likeness (QED) is 0.491. The highest BCUT2D eigenvalue weighted by atomic mass is 32.2. The maximum atomic E-state index is 12.6. The standard InChI is InChI=1S/C22H26N2O4S/c1-16(21(26)24(4)14-17-10-6-5-7-11-17)28-22(27)18-12-8-9-13-19(18)29-15-20(25)23(2)3/h5-13,16H,14-15H2,1-4H3/t16-/m0/s1. The van der Waals surface area contributed by atoms with E-state index in [4.69, 9.17) is 4.74 Å². The van der Waals surface area contributed by atoms with Gasteiger partial charge in [-0.15, -0.1) is 11.8 Å². The summed E-state index contributed by atoms with van der Waals surface area (Å²) in [5.74, 6) is -0.704. The van der Waals surface area contributed by atoms with Crippen molar-refractivity contribution in [3.8, 4) is 0 Å². The van der Waals surface area contributed by atoms with Gasteiger partial charge >= 0.3 is 5.97 Å². The van der Waals surface area contributed by atoms with Gasteiger partial charge in [-0.25, -0.2) is 4.79 Å². The van der Waals surface area contributed by atoms with Crippen molar-refractivity contribution in [3.63, 3.8) is 0 Å². The average Bonchev–Trinajstić information content (AvgIpc) is 2.72. The smallest absolute Gasteiger partial charge is 0.340 e. The molecule has 2 aromatic carbocycles. The number of carbonyl (C=O) groups excluding carboxylic acids is 3. The van der Waals surface area contributed by atoms with E-state index in [1.165, 1.54) is 21.6 Å². The monoisotopic (exact) mass is 414 g/mol. The highest BCUT2D eigenvalue weighted by molar-refractivity contribution is 8.00. The van der Waals surface area contributed by atoms with Crippen molar-refractivity contribution in [2.24, 2.45) is 0 Å². The van der Waals surface area contributed by atoms with E-state index in [1.807, 2.05) is 30.3 Å². The highest BCUT2D eigenvalue weighted by Crippen LogP contribution is 2.24. The summed E-state index contributed by atoms with van der Waals surface area (Å²) in [7, 11) is 5.04. The van der Waals surface area contributed by atoms with Crippen molar-refractivity contribution in [1.29, 1.82) is 0 Å². The fourth-order valence-electron chi connectivity index (χ4n) is 2.55. The van der Waals surface area contributed by atoms with Crippen molar-refractivity contribution in [2.75, 3.05) is 26.9 Å². The maximum absolute atomic E-state index is 12.6. The number of nitrogens with zero attached hydrogens (tertiary/aromatic N) is 2. The third-order valence-corrected chi connectivity index (χ3v) is 5.29. The molecule has 0 saturated carbocycles. The van der Waals surface area contributed by atoms with Gasteiger partial charge in [-0.05, 0) is 24.6 Å². The largest absolute Gasteiger partial charge is 0.449 e. The number of hydrogen-bond acceptors (Lipinski definition) is 5. The normalized spacial score (nSPS) is 11.4. The number of benzene rings is 2. The van der Waals surface area contributed by atoms with Crippen molar-refractivity contribution in [2.45, 2.75) is 24.5 Å². The molecule has 0 spiro atoms. The van der Waals surface area contributed by atoms with Gasteiger partial charge < -0.3 is 14.5 Å². The van der Waals surface area contributed by atoms with Crippen LogP contribution in [0.2, 0.25) is 0 Å². The lowest BCUT2D eigenvalue weighted by molar-refractivity contribution is -0.139. The summed E-state index contributed by atoms with van der Waals surface area (Å²) in [6.07, 6.45) is -0.919. The van der Waals surface area contributed by atoms with Gasteiger partial charge in [-0.3, -0.25) is 9.59 Å². The lowest BCUT2D eigenvalue weighted by Gasteiger charge is -2.22. The van der Waals surface area contributed by atoms with Crippen LogP contribution < -0.4 is 0 Å². The van der Waals surface area contributed by atoms with Crippen LogP contribution in [0.1, 0.15) is 22.8 Å². The Morgan fingerprint density at radius 3 is 2.24 bits per heavy atom. The Kier molecular flexibility index (Phi) is 8.27. The van der Waals surface area contributed by atoms with Crippen LogP contribution in [0.25, 0.3) is 0 Å². The number of thioether (sulfide) groups is 1. The molecule has 2 amide bonds. The molecule has 0 saturated heterocycles. The first-order valence-corrected chi connectivity index (χ1v) is 10.2. The van der Waals surface area contributed by atoms with Gasteiger partial charge in [0.05, 0.1) is 11.3 Å². The Hall–Kier alpha value is -2.80. The summed E-state index contributed by atoms with van der Waals surface area (Å²) in [6.45, 7) is 1.99. The Balaban J connectivity index is 2.00. The number of carbonyl (C=O) groups is 3. The van der Waals surface area contributed by atoms with Crippen molar-refractivity contribution < 1.29 is 19.1 Å². The third-order valence-electron chi connectivity index (χ3n) is 4.23. The van der Waals surface area contributed by atoms with Crippen LogP contribution in [0.5, 0.6) is 0 Å². The number of amides is 2. The van der Waals surface area contributed by atoms with Crippen molar-refractivity contribution in [1.82, 2.24) is 9.80 Å². The van der Waals surface area contributed by atoms with Gasteiger partial charge in [-0.1, -0.05) is 42.5 Å². The van der Waals surface area contributed by atoms with Gasteiger partial charge in [-0.2, -0.15) is 0 Å². The maximum Gasteiger partial charge on any atom is 0.340 e. The van der Waals surface area contributed by atoms with Crippen molar-refractivity contribution >= 4 is 29.5 Å². The van der Waals surface area contributed by atoms with E-state index in [0.29, 0.717) is 17.0 Å². The molecule has 0 fully saturated rings. The number of rotatable bonds is 8. The van der Waals surface area contributed by atoms with Gasteiger partial charge in [0.2, 0.25) is 5.91 Å². The van der Waals surface area contributed by atoms with E-state index in [-0.39, 0.29) is 17.6 Å². The van der Waals surface area contributed by atoms with E-state index in [9.17, 15) is 14.4 Å². The van der Waals surface area contributed by atoms with Crippen LogP contribution in [0.3, 0.4) is 0 Å². The Morgan fingerprint density at radius 2 is 1.59 bits per heavy atom. The molecule has 0 heterocycles. The van der Waals surface area contributed by atoms with Gasteiger partial charge in [0.15, 0.2) is 6.10 Å². The molecule has 0 unspecified atom stereocenters. The zero-order valence-corrected chi connectivity index (χ0v) is 17.9. The van der Waals surface area contributed by atoms with E-state index in [0.717, 1.165) is 5.56 Å². The fourth-order valence-corrected chi connectivity index (χ4v) is 3.57. The summed E-state index contributed by atoms with van der Waals surface area (Å²) < 4.78 is 5.41. The minimum atomic E-state index is -0.919. The number of esters is 1. The van der Waals surface area contributed by atoms with Crippen molar-refractivity contribution in [3.05, 3.63) is 65.7 Å². The Labute approximate surface area is 175 Å². The molecule has 0 radical (unpaired) electrons. The van der Waals surface area contributed by atoms with Crippen LogP contribution in [-0.4, -0.2) is 60.6 Å². The van der Waals surface area contributed by atoms with E-state index in [1.54, 1.807) is 52.3 Å². The highest BCUT2D eigenvalue weighted by Gasteiger charge is 2.24. The van der Waals surface area contributed by atoms with Gasteiger partial charge in [0.1, 0.15) is 0 Å². The molecule has 0 N–H and O–H groups in total. The predicted octanol–water partition coefficient (Wildman–Crippen LogP) is 3.07. The molecule has 0 aromatic heterocycles. The van der Waals surface area contributed by atoms with E-state index < -0.39 is 12.1 Å². The minimum absolute atomic E-state index is 0.0516. The number of ether oxygens (including phenoxy) is 1. The molecular formula is C22H26N2O4S. The molecule has 1 atom stereocenters. The zero-order valence-electron chi connectivity index (χ0n) is 17.1. The van der Waals surface area contributed by atoms with Crippen LogP contribution in [-0.2, 0) is 20.9 Å². The van der Waals surface area contributed by atoms with Crippen LogP contribution in [0.15, 0.2) is 59.5 Å². The van der Waals surface area contributed by atoms with Crippen LogP contribution in [0, 0.1) is 0 Å². The first kappa shape index (κ1) is 22.5. The summed E-state index contributed by atoms with van der Waals surface area (Å²) in [4.78, 5) is 40.7. The fraction of sp³-hybridized carbons (Fsp3) is 0.318. The van der Waals surface area contributed by atoms with E-state index >= 15 is 0 Å². The molecule has 2 rings (SSSR count). The third kappa shape index (κ3) is 6.64. The molecule has 154 valence electrons. The molecule has 0 aliphatic rings. The second kappa shape index (κ2) is 10.7. The Bertz CT molecular complexity index is 855. The second-order valence-corrected chi connectivity index (χ2v) is 7.82. The molecule has 0 aliphatic heterocycles. The first-order valence-electron chi connectivity index (χ1n) is 9.21. The average molecular weight is 415 g/mol. The van der Waals surface area contributed by atoms with E-state index in [2.05, 4.69) is 0 Å². The topological polar surface area (TPSA) is 66.9 Å². The van der Waals surface area contributed by atoms with Crippen LogP contribution >= 0.6 is 11.8 Å². The van der Waals surface area contributed by atoms with Gasteiger partial charge in [0.25, 0.3) is 5.91 Å². The molecule has 0 aliphatic carbocycles. The summed E-state index contributed by atoms with van der Waals surface area (Å²) in [5, 5.41) is 0. The Morgan fingerprint density at radius 1 is 0.966 bits per heavy atom. The molecular weight excluding hydrogens is 388 g/mol. The molecule has 2 aromatic rings. The SMILES string of the molecule is C[C@H](OC(=O)c1ccccc1SCC(=O)N(C)C)C(=O)N(C)Cc1ccccc1. The lowest BCUT2D eigenvalue weighted by Crippen LogP contribution is -2.37. The first-order chi connectivity index (χ1) is 13.8. The summed E-state index contributed by atoms with van der Waals surface area (Å²) >= 11 is 1.27. The molecule has 6 nitrogen and oxygen atoms in total. The van der Waals surface area contributed by atoms with Gasteiger partial charge in [0, 0.05) is 32.6 Å². The molecule has 0 bridgehead atoms. The van der Waals surface area contributed by atoms with Crippen LogP contribution in [0.4, 0.5) is 0 Å². The zero-order chi connectivity index (χ0) is 21.4. The summed E-state index contributed by atoms with van der Waals surface area (Å²) in [6, 6.07) is 16.5. The lowest BCUT2D eigenvalue weighted by atomic mass is 10.2. The molecule has 7 heteroatoms. The number of hydrogen-bond donors (Lipinski definition) is 0. The second-order valence-electron chi connectivity index (χ2n) is 6.80. The number of likely N-dealkylation sites (N-methyl/N-ethyl adjacent to an activating group) is 1. The molecule has 29 heavy (non-hydrogen) atoms.